The van der Waals surface area contributed by atoms with Gasteiger partial charge in [0.25, 0.3) is 0 Å². The molecular formula is C15H14Cl2N2O2. The Morgan fingerprint density at radius 3 is 2.62 bits per heavy atom. The Bertz CT molecular complexity index is 689. The van der Waals surface area contributed by atoms with Crippen molar-refractivity contribution in [2.75, 3.05) is 17.7 Å². The lowest BCUT2D eigenvalue weighted by atomic mass is 10.1. The van der Waals surface area contributed by atoms with Gasteiger partial charge in [-0.1, -0.05) is 35.3 Å². The first-order chi connectivity index (χ1) is 9.90. The standard InChI is InChI=1S/C15H14Cl2N2O2/c1-19(8-10-3-2-4-11(16)14(10)17)13-6-5-9(15(20)21)7-12(13)18/h2-7H,8,18H2,1H3,(H,20,21). The molecule has 2 aromatic rings. The summed E-state index contributed by atoms with van der Waals surface area (Å²) in [7, 11) is 1.85. The van der Waals surface area contributed by atoms with E-state index in [9.17, 15) is 4.79 Å². The van der Waals surface area contributed by atoms with Gasteiger partial charge < -0.3 is 15.7 Å². The number of hydrogen-bond acceptors (Lipinski definition) is 3. The summed E-state index contributed by atoms with van der Waals surface area (Å²) in [4.78, 5) is 12.8. The van der Waals surface area contributed by atoms with E-state index in [0.717, 1.165) is 11.3 Å². The van der Waals surface area contributed by atoms with Crippen molar-refractivity contribution in [1.29, 1.82) is 0 Å². The fourth-order valence-corrected chi connectivity index (χ4v) is 2.43. The molecule has 0 atom stereocenters. The summed E-state index contributed by atoms with van der Waals surface area (Å²) in [6, 6.07) is 10.1. The second-order valence-electron chi connectivity index (χ2n) is 4.65. The fourth-order valence-electron chi connectivity index (χ4n) is 2.05. The summed E-state index contributed by atoms with van der Waals surface area (Å²) in [6.45, 7) is 0.510. The molecule has 0 saturated carbocycles. The number of benzene rings is 2. The van der Waals surface area contributed by atoms with Crippen molar-refractivity contribution in [1.82, 2.24) is 0 Å². The molecule has 2 rings (SSSR count). The Hall–Kier alpha value is -1.91. The molecule has 6 heteroatoms. The summed E-state index contributed by atoms with van der Waals surface area (Å²) >= 11 is 12.2. The van der Waals surface area contributed by atoms with Gasteiger partial charge in [-0.3, -0.25) is 0 Å². The Morgan fingerprint density at radius 1 is 1.29 bits per heavy atom. The van der Waals surface area contributed by atoms with Gasteiger partial charge in [0, 0.05) is 13.6 Å². The van der Waals surface area contributed by atoms with Crippen molar-refractivity contribution in [3.05, 3.63) is 57.6 Å². The number of anilines is 2. The van der Waals surface area contributed by atoms with Gasteiger partial charge in [0.2, 0.25) is 0 Å². The van der Waals surface area contributed by atoms with E-state index in [1.54, 1.807) is 12.1 Å². The van der Waals surface area contributed by atoms with Crippen molar-refractivity contribution in [3.63, 3.8) is 0 Å². The number of aromatic carboxylic acids is 1. The minimum atomic E-state index is -1.01. The van der Waals surface area contributed by atoms with Crippen LogP contribution < -0.4 is 10.6 Å². The third-order valence-electron chi connectivity index (χ3n) is 3.12. The predicted molar refractivity (Wildman–Crippen MR) is 86.4 cm³/mol. The number of carbonyl (C=O) groups is 1. The number of nitrogens with two attached hydrogens (primary N) is 1. The molecule has 0 radical (unpaired) electrons. The number of hydrogen-bond donors (Lipinski definition) is 2. The van der Waals surface area contributed by atoms with Gasteiger partial charge in [0.15, 0.2) is 0 Å². The van der Waals surface area contributed by atoms with E-state index < -0.39 is 5.97 Å². The highest BCUT2D eigenvalue weighted by Crippen LogP contribution is 2.29. The van der Waals surface area contributed by atoms with Gasteiger partial charge in [-0.05, 0) is 29.8 Å². The number of nitrogens with zero attached hydrogens (tertiary/aromatic N) is 1. The van der Waals surface area contributed by atoms with E-state index >= 15 is 0 Å². The first-order valence-corrected chi connectivity index (χ1v) is 6.92. The highest BCUT2D eigenvalue weighted by Gasteiger charge is 2.12. The van der Waals surface area contributed by atoms with Crippen LogP contribution in [0.5, 0.6) is 0 Å². The summed E-state index contributed by atoms with van der Waals surface area (Å²) < 4.78 is 0. The van der Waals surface area contributed by atoms with Crippen molar-refractivity contribution in [3.8, 4) is 0 Å². The number of rotatable bonds is 4. The predicted octanol–water partition coefficient (Wildman–Crippen LogP) is 3.91. The Kier molecular flexibility index (Phi) is 4.60. The quantitative estimate of drug-likeness (QED) is 0.837. The van der Waals surface area contributed by atoms with Crippen molar-refractivity contribution in [2.24, 2.45) is 0 Å². The first kappa shape index (κ1) is 15.5. The van der Waals surface area contributed by atoms with Crippen LogP contribution >= 0.6 is 23.2 Å². The molecule has 0 aromatic heterocycles. The van der Waals surface area contributed by atoms with Gasteiger partial charge in [0.1, 0.15) is 0 Å². The first-order valence-electron chi connectivity index (χ1n) is 6.17. The molecule has 0 aliphatic heterocycles. The van der Waals surface area contributed by atoms with Gasteiger partial charge in [-0.15, -0.1) is 0 Å². The minimum absolute atomic E-state index is 0.158. The zero-order chi connectivity index (χ0) is 15.6. The molecule has 110 valence electrons. The summed E-state index contributed by atoms with van der Waals surface area (Å²) in [5, 5.41) is 9.94. The van der Waals surface area contributed by atoms with Crippen LogP contribution in [0.25, 0.3) is 0 Å². The lowest BCUT2D eigenvalue weighted by molar-refractivity contribution is 0.0697. The molecule has 0 aliphatic rings. The second kappa shape index (κ2) is 6.24. The Morgan fingerprint density at radius 2 is 2.00 bits per heavy atom. The van der Waals surface area contributed by atoms with Crippen LogP contribution in [0.15, 0.2) is 36.4 Å². The minimum Gasteiger partial charge on any atom is -0.478 e. The largest absolute Gasteiger partial charge is 0.478 e. The zero-order valence-electron chi connectivity index (χ0n) is 11.3. The summed E-state index contributed by atoms with van der Waals surface area (Å²) in [6.07, 6.45) is 0. The van der Waals surface area contributed by atoms with E-state index in [4.69, 9.17) is 34.0 Å². The third kappa shape index (κ3) is 3.40. The van der Waals surface area contributed by atoms with Crippen molar-refractivity contribution >= 4 is 40.5 Å². The zero-order valence-corrected chi connectivity index (χ0v) is 12.8. The fraction of sp³-hybridized carbons (Fsp3) is 0.133. The van der Waals surface area contributed by atoms with Crippen LogP contribution in [0.1, 0.15) is 15.9 Å². The summed E-state index contributed by atoms with van der Waals surface area (Å²) in [5.41, 5.74) is 8.08. The van der Waals surface area contributed by atoms with Crippen LogP contribution in [-0.4, -0.2) is 18.1 Å². The lowest BCUT2D eigenvalue weighted by Crippen LogP contribution is -2.18. The molecule has 0 fully saturated rings. The molecule has 0 heterocycles. The number of halogens is 2. The third-order valence-corrected chi connectivity index (χ3v) is 3.98. The highest BCUT2D eigenvalue weighted by molar-refractivity contribution is 6.42. The number of carboxylic acid groups (broad SMARTS) is 1. The van der Waals surface area contributed by atoms with Crippen LogP contribution in [0.2, 0.25) is 10.0 Å². The van der Waals surface area contributed by atoms with Crippen LogP contribution in [0.3, 0.4) is 0 Å². The van der Waals surface area contributed by atoms with Crippen LogP contribution in [0, 0.1) is 0 Å². The van der Waals surface area contributed by atoms with Crippen LogP contribution in [-0.2, 0) is 6.54 Å². The Labute approximate surface area is 132 Å². The monoisotopic (exact) mass is 324 g/mol. The maximum atomic E-state index is 10.9. The van der Waals surface area contributed by atoms with Gasteiger partial charge in [-0.2, -0.15) is 0 Å². The molecule has 0 bridgehead atoms. The maximum absolute atomic E-state index is 10.9. The lowest BCUT2D eigenvalue weighted by Gasteiger charge is -2.22. The van der Waals surface area contributed by atoms with E-state index in [2.05, 4.69) is 0 Å². The average molecular weight is 325 g/mol. The van der Waals surface area contributed by atoms with E-state index in [-0.39, 0.29) is 5.56 Å². The molecule has 3 N–H and O–H groups in total. The molecule has 0 aliphatic carbocycles. The number of carboxylic acids is 1. The smallest absolute Gasteiger partial charge is 0.335 e. The van der Waals surface area contributed by atoms with Crippen molar-refractivity contribution in [2.45, 2.75) is 6.54 Å². The van der Waals surface area contributed by atoms with Crippen LogP contribution in [0.4, 0.5) is 11.4 Å². The second-order valence-corrected chi connectivity index (χ2v) is 5.43. The SMILES string of the molecule is CN(Cc1cccc(Cl)c1Cl)c1ccc(C(=O)O)cc1N. The molecule has 0 saturated heterocycles. The summed E-state index contributed by atoms with van der Waals surface area (Å²) in [5.74, 6) is -1.01. The van der Waals surface area contributed by atoms with E-state index in [1.807, 2.05) is 24.1 Å². The normalized spacial score (nSPS) is 10.4. The average Bonchev–Trinajstić information content (AvgIpc) is 2.43. The Balaban J connectivity index is 2.26. The van der Waals surface area contributed by atoms with Gasteiger partial charge >= 0.3 is 5.97 Å². The molecule has 21 heavy (non-hydrogen) atoms. The molecule has 4 nitrogen and oxygen atoms in total. The maximum Gasteiger partial charge on any atom is 0.335 e. The van der Waals surface area contributed by atoms with Gasteiger partial charge in [-0.25, -0.2) is 4.79 Å². The molecular weight excluding hydrogens is 311 g/mol. The number of nitrogen functional groups attached to an aromatic ring is 1. The molecule has 0 amide bonds. The van der Waals surface area contributed by atoms with E-state index in [1.165, 1.54) is 12.1 Å². The molecule has 0 spiro atoms. The van der Waals surface area contributed by atoms with Gasteiger partial charge in [0.05, 0.1) is 27.0 Å². The van der Waals surface area contributed by atoms with E-state index in [0.29, 0.717) is 22.3 Å². The highest BCUT2D eigenvalue weighted by atomic mass is 35.5. The molecule has 0 unspecified atom stereocenters. The topological polar surface area (TPSA) is 66.6 Å². The van der Waals surface area contributed by atoms with Crippen molar-refractivity contribution < 1.29 is 9.90 Å². The molecule has 2 aromatic carbocycles.